The summed E-state index contributed by atoms with van der Waals surface area (Å²) >= 11 is 0. The summed E-state index contributed by atoms with van der Waals surface area (Å²) in [7, 11) is 0. The molecule has 2 aromatic rings. The van der Waals surface area contributed by atoms with Gasteiger partial charge in [-0.25, -0.2) is 8.78 Å². The van der Waals surface area contributed by atoms with E-state index >= 15 is 0 Å². The molecule has 0 aliphatic heterocycles. The molecular formula is C6H3F2N3. The Kier molecular flexibility index (Phi) is 1.12. The van der Waals surface area contributed by atoms with Gasteiger partial charge in [-0.15, -0.1) is 0 Å². The zero-order valence-electron chi connectivity index (χ0n) is 5.31. The fourth-order valence-corrected chi connectivity index (χ4v) is 0.868. The summed E-state index contributed by atoms with van der Waals surface area (Å²) in [6.07, 6.45) is 0. The van der Waals surface area contributed by atoms with Crippen molar-refractivity contribution in [3.8, 4) is 0 Å². The summed E-state index contributed by atoms with van der Waals surface area (Å²) in [5.74, 6) is -1.15. The standard InChI is InChI=1S/C6H3F2N3/c7-3-1-2-4(8)6-5(3)9-11-10-6/h1-2H,(H,9,10,11). The van der Waals surface area contributed by atoms with Crippen molar-refractivity contribution in [3.05, 3.63) is 23.8 Å². The van der Waals surface area contributed by atoms with E-state index in [0.717, 1.165) is 12.1 Å². The Bertz CT molecular complexity index is 360. The van der Waals surface area contributed by atoms with Crippen molar-refractivity contribution in [1.29, 1.82) is 0 Å². The quantitative estimate of drug-likeness (QED) is 0.621. The maximum absolute atomic E-state index is 12.7. The van der Waals surface area contributed by atoms with Crippen LogP contribution < -0.4 is 0 Å². The Morgan fingerprint density at radius 3 is 1.91 bits per heavy atom. The Balaban J connectivity index is 2.96. The second kappa shape index (κ2) is 1.98. The molecule has 0 saturated carbocycles. The first-order chi connectivity index (χ1) is 5.29. The number of hydrogen-bond donors (Lipinski definition) is 1. The summed E-state index contributed by atoms with van der Waals surface area (Å²) in [5, 5.41) is 9.00. The van der Waals surface area contributed by atoms with E-state index in [2.05, 4.69) is 15.4 Å². The molecule has 3 nitrogen and oxygen atoms in total. The van der Waals surface area contributed by atoms with E-state index in [-0.39, 0.29) is 11.0 Å². The van der Waals surface area contributed by atoms with Crippen molar-refractivity contribution in [2.75, 3.05) is 0 Å². The van der Waals surface area contributed by atoms with Crippen molar-refractivity contribution in [2.45, 2.75) is 0 Å². The number of hydrogen-bond acceptors (Lipinski definition) is 2. The van der Waals surface area contributed by atoms with E-state index in [0.29, 0.717) is 0 Å². The van der Waals surface area contributed by atoms with Crippen LogP contribution in [-0.2, 0) is 0 Å². The average molecular weight is 155 g/mol. The van der Waals surface area contributed by atoms with Crippen molar-refractivity contribution in [3.63, 3.8) is 0 Å². The molecule has 0 spiro atoms. The fraction of sp³-hybridized carbons (Fsp3) is 0. The molecule has 1 N–H and O–H groups in total. The summed E-state index contributed by atoms with van der Waals surface area (Å²) < 4.78 is 25.4. The minimum Gasteiger partial charge on any atom is -0.204 e. The van der Waals surface area contributed by atoms with Gasteiger partial charge in [0.1, 0.15) is 0 Å². The highest BCUT2D eigenvalue weighted by atomic mass is 19.1. The molecular weight excluding hydrogens is 152 g/mol. The second-order valence-corrected chi connectivity index (χ2v) is 2.05. The molecule has 1 aromatic heterocycles. The molecule has 11 heavy (non-hydrogen) atoms. The third-order valence-electron chi connectivity index (χ3n) is 1.38. The van der Waals surface area contributed by atoms with Crippen LogP contribution in [0.5, 0.6) is 0 Å². The highest BCUT2D eigenvalue weighted by Gasteiger charge is 2.08. The van der Waals surface area contributed by atoms with Gasteiger partial charge in [0.2, 0.25) is 0 Å². The molecule has 56 valence electrons. The van der Waals surface area contributed by atoms with Gasteiger partial charge in [0.15, 0.2) is 22.7 Å². The van der Waals surface area contributed by atoms with Crippen LogP contribution in [0.15, 0.2) is 12.1 Å². The Hall–Kier alpha value is -1.52. The maximum Gasteiger partial charge on any atom is 0.153 e. The third kappa shape index (κ3) is 0.772. The minimum atomic E-state index is -0.574. The zero-order valence-corrected chi connectivity index (χ0v) is 5.31. The Labute approximate surface area is 60.0 Å². The van der Waals surface area contributed by atoms with Crippen LogP contribution >= 0.6 is 0 Å². The number of halogens is 2. The van der Waals surface area contributed by atoms with Crippen LogP contribution in [0.1, 0.15) is 0 Å². The first-order valence-corrected chi connectivity index (χ1v) is 2.93. The second-order valence-electron chi connectivity index (χ2n) is 2.05. The van der Waals surface area contributed by atoms with Gasteiger partial charge >= 0.3 is 0 Å². The van der Waals surface area contributed by atoms with E-state index in [9.17, 15) is 8.78 Å². The molecule has 0 fully saturated rings. The molecule has 0 aliphatic carbocycles. The molecule has 1 heterocycles. The largest absolute Gasteiger partial charge is 0.204 e. The number of H-pyrrole nitrogens is 1. The minimum absolute atomic E-state index is 0.0648. The van der Waals surface area contributed by atoms with Crippen molar-refractivity contribution >= 4 is 11.0 Å². The van der Waals surface area contributed by atoms with Crippen LogP contribution in [0.4, 0.5) is 8.78 Å². The van der Waals surface area contributed by atoms with Gasteiger partial charge < -0.3 is 0 Å². The van der Waals surface area contributed by atoms with Crippen molar-refractivity contribution in [1.82, 2.24) is 15.4 Å². The van der Waals surface area contributed by atoms with Crippen LogP contribution in [0.3, 0.4) is 0 Å². The molecule has 0 bridgehead atoms. The van der Waals surface area contributed by atoms with E-state index in [4.69, 9.17) is 0 Å². The smallest absolute Gasteiger partial charge is 0.153 e. The maximum atomic E-state index is 12.7. The fourth-order valence-electron chi connectivity index (χ4n) is 0.868. The van der Waals surface area contributed by atoms with Gasteiger partial charge in [-0.3, -0.25) is 0 Å². The topological polar surface area (TPSA) is 41.6 Å². The zero-order chi connectivity index (χ0) is 7.84. The van der Waals surface area contributed by atoms with E-state index in [1.165, 1.54) is 0 Å². The summed E-state index contributed by atoms with van der Waals surface area (Å²) in [5.41, 5.74) is -0.130. The lowest BCUT2D eigenvalue weighted by atomic mass is 10.3. The highest BCUT2D eigenvalue weighted by Crippen LogP contribution is 2.14. The molecule has 2 rings (SSSR count). The molecule has 0 amide bonds. The molecule has 0 aliphatic rings. The van der Waals surface area contributed by atoms with Gasteiger partial charge in [-0.2, -0.15) is 15.4 Å². The summed E-state index contributed by atoms with van der Waals surface area (Å²) in [6, 6.07) is 2.03. The number of nitrogens with one attached hydrogen (secondary N) is 1. The molecule has 1 aromatic carbocycles. The van der Waals surface area contributed by atoms with Crippen LogP contribution in [0.25, 0.3) is 11.0 Å². The van der Waals surface area contributed by atoms with Gasteiger partial charge in [-0.1, -0.05) is 0 Å². The summed E-state index contributed by atoms with van der Waals surface area (Å²) in [4.78, 5) is 0. The molecule has 5 heteroatoms. The monoisotopic (exact) mass is 155 g/mol. The lowest BCUT2D eigenvalue weighted by Gasteiger charge is -1.88. The van der Waals surface area contributed by atoms with Gasteiger partial charge in [0.25, 0.3) is 0 Å². The normalized spacial score (nSPS) is 10.7. The Morgan fingerprint density at radius 1 is 1.00 bits per heavy atom. The van der Waals surface area contributed by atoms with Crippen LogP contribution in [-0.4, -0.2) is 15.4 Å². The predicted octanol–water partition coefficient (Wildman–Crippen LogP) is 1.24. The average Bonchev–Trinajstić information content (AvgIpc) is 2.45. The van der Waals surface area contributed by atoms with Gasteiger partial charge in [0, 0.05) is 0 Å². The van der Waals surface area contributed by atoms with Gasteiger partial charge in [-0.05, 0) is 12.1 Å². The number of fused-ring (bicyclic) bond motifs is 1. The number of rotatable bonds is 0. The summed E-state index contributed by atoms with van der Waals surface area (Å²) in [6.45, 7) is 0. The van der Waals surface area contributed by atoms with Crippen molar-refractivity contribution in [2.24, 2.45) is 0 Å². The third-order valence-corrected chi connectivity index (χ3v) is 1.38. The highest BCUT2D eigenvalue weighted by molar-refractivity contribution is 5.74. The molecule has 0 unspecified atom stereocenters. The molecule has 0 atom stereocenters. The number of aromatic amines is 1. The number of aromatic nitrogens is 3. The van der Waals surface area contributed by atoms with E-state index < -0.39 is 11.6 Å². The lowest BCUT2D eigenvalue weighted by Crippen LogP contribution is -1.81. The predicted molar refractivity (Wildman–Crippen MR) is 33.8 cm³/mol. The first kappa shape index (κ1) is 6.21. The Morgan fingerprint density at radius 2 is 1.45 bits per heavy atom. The SMILES string of the molecule is Fc1ccc(F)c2n[nH]nc12. The number of nitrogens with zero attached hydrogens (tertiary/aromatic N) is 2. The first-order valence-electron chi connectivity index (χ1n) is 2.93. The lowest BCUT2D eigenvalue weighted by molar-refractivity contribution is 0.615. The molecule has 0 radical (unpaired) electrons. The van der Waals surface area contributed by atoms with Crippen LogP contribution in [0.2, 0.25) is 0 Å². The van der Waals surface area contributed by atoms with Gasteiger partial charge in [0.05, 0.1) is 0 Å². The number of benzene rings is 1. The van der Waals surface area contributed by atoms with Crippen molar-refractivity contribution < 1.29 is 8.78 Å². The van der Waals surface area contributed by atoms with E-state index in [1.807, 2.05) is 0 Å². The molecule has 0 saturated heterocycles. The van der Waals surface area contributed by atoms with E-state index in [1.54, 1.807) is 0 Å². The van der Waals surface area contributed by atoms with Crippen LogP contribution in [0, 0.1) is 11.6 Å².